The van der Waals surface area contributed by atoms with Crippen molar-refractivity contribution in [2.45, 2.75) is 6.42 Å². The number of hydrogen-bond donors (Lipinski definition) is 1. The smallest absolute Gasteiger partial charge is 0.244 e. The third-order valence-corrected chi connectivity index (χ3v) is 4.85. The standard InChI is InChI=1S/C22H28N4O2/c1-28-21-9-7-20(8-10-21)26-17-15-25(16-18-26)14-4-13-24-22(27)11-6-19-5-2-3-12-23-19/h2-3,5-12H,4,13-18H2,1H3,(H,24,27)/b11-6+. The first-order chi connectivity index (χ1) is 13.7. The molecule has 0 radical (unpaired) electrons. The zero-order valence-electron chi connectivity index (χ0n) is 16.4. The summed E-state index contributed by atoms with van der Waals surface area (Å²) in [5.41, 5.74) is 2.03. The fraction of sp³-hybridized carbons (Fsp3) is 0.364. The summed E-state index contributed by atoms with van der Waals surface area (Å²) in [6.45, 7) is 5.81. The number of ether oxygens (including phenoxy) is 1. The molecule has 1 N–H and O–H groups in total. The highest BCUT2D eigenvalue weighted by molar-refractivity contribution is 5.91. The lowest BCUT2D eigenvalue weighted by Gasteiger charge is -2.36. The van der Waals surface area contributed by atoms with Gasteiger partial charge in [-0.2, -0.15) is 0 Å². The minimum absolute atomic E-state index is 0.0741. The van der Waals surface area contributed by atoms with Crippen molar-refractivity contribution >= 4 is 17.7 Å². The Hall–Kier alpha value is -2.86. The first-order valence-corrected chi connectivity index (χ1v) is 9.73. The number of rotatable bonds is 8. The van der Waals surface area contributed by atoms with E-state index in [-0.39, 0.29) is 5.91 Å². The molecule has 1 aromatic carbocycles. The monoisotopic (exact) mass is 380 g/mol. The third kappa shape index (κ3) is 6.09. The molecule has 1 fully saturated rings. The molecule has 1 saturated heterocycles. The first kappa shape index (κ1) is 19.9. The van der Waals surface area contributed by atoms with Gasteiger partial charge in [-0.1, -0.05) is 6.07 Å². The highest BCUT2D eigenvalue weighted by Crippen LogP contribution is 2.20. The number of pyridine rings is 1. The van der Waals surface area contributed by atoms with E-state index in [1.54, 1.807) is 19.4 Å². The number of hydrogen-bond acceptors (Lipinski definition) is 5. The summed E-state index contributed by atoms with van der Waals surface area (Å²) >= 11 is 0. The lowest BCUT2D eigenvalue weighted by atomic mass is 10.2. The van der Waals surface area contributed by atoms with Crippen LogP contribution in [0.5, 0.6) is 5.75 Å². The molecule has 0 bridgehead atoms. The molecule has 0 atom stereocenters. The van der Waals surface area contributed by atoms with Gasteiger partial charge in [0.2, 0.25) is 5.91 Å². The molecule has 0 unspecified atom stereocenters. The minimum Gasteiger partial charge on any atom is -0.497 e. The second kappa shape index (κ2) is 10.5. The lowest BCUT2D eigenvalue weighted by Crippen LogP contribution is -2.47. The van der Waals surface area contributed by atoms with Gasteiger partial charge >= 0.3 is 0 Å². The average Bonchev–Trinajstić information content (AvgIpc) is 2.76. The van der Waals surface area contributed by atoms with Crippen LogP contribution >= 0.6 is 0 Å². The van der Waals surface area contributed by atoms with Gasteiger partial charge in [-0.3, -0.25) is 14.7 Å². The Morgan fingerprint density at radius 1 is 1.14 bits per heavy atom. The number of aromatic nitrogens is 1. The topological polar surface area (TPSA) is 57.7 Å². The van der Waals surface area contributed by atoms with Crippen LogP contribution in [0.15, 0.2) is 54.7 Å². The molecule has 1 aliphatic heterocycles. The van der Waals surface area contributed by atoms with Crippen molar-refractivity contribution in [2.75, 3.05) is 51.3 Å². The quantitative estimate of drug-likeness (QED) is 0.563. The van der Waals surface area contributed by atoms with Crippen molar-refractivity contribution in [1.29, 1.82) is 0 Å². The second-order valence-corrected chi connectivity index (χ2v) is 6.76. The molecule has 6 heteroatoms. The van der Waals surface area contributed by atoms with Gasteiger partial charge in [0, 0.05) is 50.7 Å². The van der Waals surface area contributed by atoms with E-state index >= 15 is 0 Å². The van der Waals surface area contributed by atoms with Crippen LogP contribution in [0.1, 0.15) is 12.1 Å². The van der Waals surface area contributed by atoms with E-state index in [0.29, 0.717) is 6.54 Å². The largest absolute Gasteiger partial charge is 0.497 e. The summed E-state index contributed by atoms with van der Waals surface area (Å²) < 4.78 is 5.22. The predicted octanol–water partition coefficient (Wildman–Crippen LogP) is 2.43. The summed E-state index contributed by atoms with van der Waals surface area (Å²) in [6, 6.07) is 13.9. The Balaban J connectivity index is 1.31. The Labute approximate surface area is 166 Å². The van der Waals surface area contributed by atoms with Crippen LogP contribution in [0.25, 0.3) is 6.08 Å². The highest BCUT2D eigenvalue weighted by atomic mass is 16.5. The normalized spacial score (nSPS) is 15.0. The van der Waals surface area contributed by atoms with Crippen LogP contribution in [0.4, 0.5) is 5.69 Å². The van der Waals surface area contributed by atoms with E-state index in [4.69, 9.17) is 4.74 Å². The molecular formula is C22H28N4O2. The van der Waals surface area contributed by atoms with Crippen molar-refractivity contribution in [3.05, 3.63) is 60.4 Å². The fourth-order valence-corrected chi connectivity index (χ4v) is 3.23. The number of piperazine rings is 1. The molecule has 0 spiro atoms. The molecule has 1 amide bonds. The third-order valence-electron chi connectivity index (χ3n) is 4.85. The molecule has 2 heterocycles. The SMILES string of the molecule is COc1ccc(N2CCN(CCCNC(=O)/C=C/c3ccccn3)CC2)cc1. The van der Waals surface area contributed by atoms with Crippen molar-refractivity contribution < 1.29 is 9.53 Å². The first-order valence-electron chi connectivity index (χ1n) is 9.73. The molecule has 3 rings (SSSR count). The maximum Gasteiger partial charge on any atom is 0.244 e. The predicted molar refractivity (Wildman–Crippen MR) is 113 cm³/mol. The van der Waals surface area contributed by atoms with Crippen LogP contribution in [0.2, 0.25) is 0 Å². The molecule has 0 saturated carbocycles. The summed E-state index contributed by atoms with van der Waals surface area (Å²) in [4.78, 5) is 20.9. The van der Waals surface area contributed by atoms with E-state index < -0.39 is 0 Å². The van der Waals surface area contributed by atoms with Crippen LogP contribution in [-0.4, -0.2) is 62.2 Å². The van der Waals surface area contributed by atoms with Gasteiger partial charge in [0.1, 0.15) is 5.75 Å². The fourth-order valence-electron chi connectivity index (χ4n) is 3.23. The van der Waals surface area contributed by atoms with E-state index in [1.807, 2.05) is 30.3 Å². The number of anilines is 1. The van der Waals surface area contributed by atoms with E-state index in [0.717, 1.165) is 50.6 Å². The number of nitrogens with zero attached hydrogens (tertiary/aromatic N) is 3. The lowest BCUT2D eigenvalue weighted by molar-refractivity contribution is -0.116. The maximum absolute atomic E-state index is 11.9. The van der Waals surface area contributed by atoms with Crippen LogP contribution < -0.4 is 15.0 Å². The molecule has 6 nitrogen and oxygen atoms in total. The highest BCUT2D eigenvalue weighted by Gasteiger charge is 2.16. The van der Waals surface area contributed by atoms with E-state index in [9.17, 15) is 4.79 Å². The number of carbonyl (C=O) groups excluding carboxylic acids is 1. The number of carbonyl (C=O) groups is 1. The van der Waals surface area contributed by atoms with Crippen molar-refractivity contribution in [3.8, 4) is 5.75 Å². The Morgan fingerprint density at radius 3 is 2.61 bits per heavy atom. The van der Waals surface area contributed by atoms with Gasteiger partial charge in [-0.05, 0) is 55.4 Å². The van der Waals surface area contributed by atoms with Gasteiger partial charge in [-0.25, -0.2) is 0 Å². The molecule has 1 aromatic heterocycles. The number of amides is 1. The molecule has 148 valence electrons. The van der Waals surface area contributed by atoms with Crippen LogP contribution in [-0.2, 0) is 4.79 Å². The summed E-state index contributed by atoms with van der Waals surface area (Å²) in [5, 5.41) is 2.94. The zero-order chi connectivity index (χ0) is 19.6. The molecular weight excluding hydrogens is 352 g/mol. The number of nitrogens with one attached hydrogen (secondary N) is 1. The summed E-state index contributed by atoms with van der Waals surface area (Å²) in [7, 11) is 1.69. The molecule has 2 aromatic rings. The second-order valence-electron chi connectivity index (χ2n) is 6.76. The van der Waals surface area contributed by atoms with Crippen LogP contribution in [0, 0.1) is 0 Å². The number of benzene rings is 1. The van der Waals surface area contributed by atoms with Crippen LogP contribution in [0.3, 0.4) is 0 Å². The van der Waals surface area contributed by atoms with E-state index in [2.05, 4.69) is 32.2 Å². The van der Waals surface area contributed by atoms with Gasteiger partial charge in [0.15, 0.2) is 0 Å². The molecule has 28 heavy (non-hydrogen) atoms. The van der Waals surface area contributed by atoms with Gasteiger partial charge in [-0.15, -0.1) is 0 Å². The molecule has 1 aliphatic rings. The Morgan fingerprint density at radius 2 is 1.93 bits per heavy atom. The van der Waals surface area contributed by atoms with Gasteiger partial charge < -0.3 is 15.0 Å². The summed E-state index contributed by atoms with van der Waals surface area (Å²) in [5.74, 6) is 0.814. The Bertz CT molecular complexity index is 754. The van der Waals surface area contributed by atoms with Crippen molar-refractivity contribution in [1.82, 2.24) is 15.2 Å². The van der Waals surface area contributed by atoms with E-state index in [1.165, 1.54) is 11.8 Å². The average molecular weight is 380 g/mol. The maximum atomic E-state index is 11.9. The summed E-state index contributed by atoms with van der Waals surface area (Å²) in [6.07, 6.45) is 5.93. The minimum atomic E-state index is -0.0741. The van der Waals surface area contributed by atoms with Gasteiger partial charge in [0.25, 0.3) is 0 Å². The van der Waals surface area contributed by atoms with Crippen molar-refractivity contribution in [2.24, 2.45) is 0 Å². The Kier molecular flexibility index (Phi) is 7.44. The zero-order valence-corrected chi connectivity index (χ0v) is 16.4. The van der Waals surface area contributed by atoms with Crippen molar-refractivity contribution in [3.63, 3.8) is 0 Å². The van der Waals surface area contributed by atoms with Gasteiger partial charge in [0.05, 0.1) is 12.8 Å². The molecule has 0 aliphatic carbocycles. The number of methoxy groups -OCH3 is 1.